The number of carbonyl (C=O) groups is 1. The molecule has 0 atom stereocenters. The Labute approximate surface area is 185 Å². The van der Waals surface area contributed by atoms with E-state index in [1.165, 1.54) is 0 Å². The lowest BCUT2D eigenvalue weighted by Crippen LogP contribution is -2.21. The summed E-state index contributed by atoms with van der Waals surface area (Å²) in [5.74, 6) is -0.834. The van der Waals surface area contributed by atoms with Crippen molar-refractivity contribution in [3.8, 4) is 5.69 Å². The third-order valence-corrected chi connectivity index (χ3v) is 3.83. The van der Waals surface area contributed by atoms with Crippen LogP contribution in [0.25, 0.3) is 5.69 Å². The van der Waals surface area contributed by atoms with Gasteiger partial charge in [-0.05, 0) is 49.4 Å². The molecule has 0 saturated heterocycles. The van der Waals surface area contributed by atoms with Crippen molar-refractivity contribution in [2.24, 2.45) is 0 Å². The monoisotopic (exact) mass is 458 g/mol. The van der Waals surface area contributed by atoms with Crippen LogP contribution in [0.4, 0.5) is 36.3 Å². The SMILES string of the molecule is Cc1ncn(-c2ccc(Nc3nccc(Nc4cccnc4)n3)cc2)n1.O=C(O)C(F)(F)F. The minimum absolute atomic E-state index is 0.503. The van der Waals surface area contributed by atoms with Crippen LogP contribution in [0.5, 0.6) is 0 Å². The van der Waals surface area contributed by atoms with E-state index in [-0.39, 0.29) is 0 Å². The molecule has 0 unspecified atom stereocenters. The molecule has 4 rings (SSSR count). The molecule has 0 radical (unpaired) electrons. The highest BCUT2D eigenvalue weighted by molar-refractivity contribution is 5.73. The second kappa shape index (κ2) is 10.2. The quantitative estimate of drug-likeness (QED) is 0.408. The molecular weight excluding hydrogens is 441 g/mol. The van der Waals surface area contributed by atoms with Crippen LogP contribution < -0.4 is 10.6 Å². The molecule has 13 heteroatoms. The van der Waals surface area contributed by atoms with Crippen molar-refractivity contribution >= 4 is 29.1 Å². The van der Waals surface area contributed by atoms with E-state index in [4.69, 9.17) is 9.90 Å². The van der Waals surface area contributed by atoms with Crippen LogP contribution in [0.2, 0.25) is 0 Å². The summed E-state index contributed by atoms with van der Waals surface area (Å²) in [7, 11) is 0. The van der Waals surface area contributed by atoms with Gasteiger partial charge in [0.2, 0.25) is 5.95 Å². The molecule has 0 bridgehead atoms. The number of aryl methyl sites for hydroxylation is 1. The predicted molar refractivity (Wildman–Crippen MR) is 113 cm³/mol. The van der Waals surface area contributed by atoms with Crippen LogP contribution in [-0.2, 0) is 4.79 Å². The number of rotatable bonds is 5. The number of hydrogen-bond donors (Lipinski definition) is 3. The predicted octanol–water partition coefficient (Wildman–Crippen LogP) is 3.88. The largest absolute Gasteiger partial charge is 0.490 e. The van der Waals surface area contributed by atoms with Gasteiger partial charge >= 0.3 is 12.1 Å². The average molecular weight is 458 g/mol. The standard InChI is InChI=1S/C18H16N8.C2HF3O2/c1-13-21-12-26(25-13)16-6-4-14(5-7-16)23-18-20-10-8-17(24-18)22-15-3-2-9-19-11-15;3-2(4,5)1(6)7/h2-12H,1H3,(H2,20,22,23,24);(H,6,7). The Morgan fingerprint density at radius 1 is 1.00 bits per heavy atom. The van der Waals surface area contributed by atoms with E-state index in [1.807, 2.05) is 43.3 Å². The summed E-state index contributed by atoms with van der Waals surface area (Å²) in [6.45, 7) is 1.86. The Hall–Kier alpha value is -4.55. The molecule has 33 heavy (non-hydrogen) atoms. The summed E-state index contributed by atoms with van der Waals surface area (Å²) in [5.41, 5.74) is 2.68. The Bertz CT molecular complexity index is 1200. The number of pyridine rings is 1. The number of carboxylic acid groups (broad SMARTS) is 1. The molecule has 10 nitrogen and oxygen atoms in total. The van der Waals surface area contributed by atoms with Gasteiger partial charge in [-0.2, -0.15) is 23.3 Å². The minimum Gasteiger partial charge on any atom is -0.475 e. The summed E-state index contributed by atoms with van der Waals surface area (Å²) in [6.07, 6.45) is 1.76. The summed E-state index contributed by atoms with van der Waals surface area (Å²) in [5, 5.41) is 17.8. The summed E-state index contributed by atoms with van der Waals surface area (Å²) < 4.78 is 33.5. The Balaban J connectivity index is 0.000000383. The molecule has 0 amide bonds. The smallest absolute Gasteiger partial charge is 0.475 e. The third-order valence-electron chi connectivity index (χ3n) is 3.83. The topological polar surface area (TPSA) is 131 Å². The minimum atomic E-state index is -5.08. The highest BCUT2D eigenvalue weighted by atomic mass is 19.4. The lowest BCUT2D eigenvalue weighted by Gasteiger charge is -2.08. The van der Waals surface area contributed by atoms with Crippen LogP contribution >= 0.6 is 0 Å². The van der Waals surface area contributed by atoms with Crippen molar-refractivity contribution in [3.63, 3.8) is 0 Å². The van der Waals surface area contributed by atoms with Gasteiger partial charge in [0.05, 0.1) is 17.6 Å². The second-order valence-corrected chi connectivity index (χ2v) is 6.34. The van der Waals surface area contributed by atoms with E-state index in [1.54, 1.807) is 35.7 Å². The summed E-state index contributed by atoms with van der Waals surface area (Å²) >= 11 is 0. The lowest BCUT2D eigenvalue weighted by atomic mass is 10.3. The zero-order valence-electron chi connectivity index (χ0n) is 17.0. The van der Waals surface area contributed by atoms with Crippen molar-refractivity contribution in [2.45, 2.75) is 13.1 Å². The zero-order valence-corrected chi connectivity index (χ0v) is 17.0. The number of hydrogen-bond acceptors (Lipinski definition) is 8. The maximum absolute atomic E-state index is 10.6. The first kappa shape index (κ1) is 23.1. The lowest BCUT2D eigenvalue weighted by molar-refractivity contribution is -0.192. The molecule has 3 N–H and O–H groups in total. The zero-order chi connectivity index (χ0) is 23.8. The fraction of sp³-hybridized carbons (Fsp3) is 0.100. The fourth-order valence-electron chi connectivity index (χ4n) is 2.37. The van der Waals surface area contributed by atoms with Gasteiger partial charge in [0.1, 0.15) is 18.0 Å². The highest BCUT2D eigenvalue weighted by Crippen LogP contribution is 2.18. The third kappa shape index (κ3) is 6.99. The molecular formula is C20H17F3N8O2. The van der Waals surface area contributed by atoms with Gasteiger partial charge in [-0.3, -0.25) is 4.98 Å². The van der Waals surface area contributed by atoms with Gasteiger partial charge in [-0.25, -0.2) is 19.4 Å². The number of alkyl halides is 3. The van der Waals surface area contributed by atoms with Gasteiger partial charge < -0.3 is 15.7 Å². The van der Waals surface area contributed by atoms with Gasteiger partial charge in [0.25, 0.3) is 0 Å². The van der Waals surface area contributed by atoms with Crippen LogP contribution in [0.15, 0.2) is 67.4 Å². The molecule has 0 aliphatic rings. The van der Waals surface area contributed by atoms with Crippen molar-refractivity contribution in [1.29, 1.82) is 0 Å². The molecule has 0 spiro atoms. The first-order valence-corrected chi connectivity index (χ1v) is 9.26. The van der Waals surface area contributed by atoms with Crippen molar-refractivity contribution in [1.82, 2.24) is 29.7 Å². The van der Waals surface area contributed by atoms with Crippen molar-refractivity contribution in [2.75, 3.05) is 10.6 Å². The number of aliphatic carboxylic acids is 1. The molecule has 3 aromatic heterocycles. The highest BCUT2D eigenvalue weighted by Gasteiger charge is 2.38. The summed E-state index contributed by atoms with van der Waals surface area (Å²) in [4.78, 5) is 25.8. The number of aromatic nitrogens is 6. The number of benzene rings is 1. The normalized spacial score (nSPS) is 10.7. The van der Waals surface area contributed by atoms with Gasteiger partial charge in [0, 0.05) is 18.1 Å². The Morgan fingerprint density at radius 3 is 2.30 bits per heavy atom. The van der Waals surface area contributed by atoms with Gasteiger partial charge in [-0.15, -0.1) is 0 Å². The van der Waals surface area contributed by atoms with Crippen LogP contribution in [0.1, 0.15) is 5.82 Å². The van der Waals surface area contributed by atoms with E-state index >= 15 is 0 Å². The Kier molecular flexibility index (Phi) is 7.13. The van der Waals surface area contributed by atoms with Crippen molar-refractivity contribution < 1.29 is 23.1 Å². The molecule has 0 aliphatic heterocycles. The van der Waals surface area contributed by atoms with Crippen LogP contribution in [-0.4, -0.2) is 47.0 Å². The number of anilines is 4. The van der Waals surface area contributed by atoms with E-state index in [9.17, 15) is 13.2 Å². The molecule has 0 saturated carbocycles. The summed E-state index contributed by atoms with van der Waals surface area (Å²) in [6, 6.07) is 13.4. The number of carboxylic acids is 1. The molecule has 170 valence electrons. The molecule has 1 aromatic carbocycles. The van der Waals surface area contributed by atoms with Gasteiger partial charge in [0.15, 0.2) is 0 Å². The van der Waals surface area contributed by atoms with E-state index in [0.29, 0.717) is 11.8 Å². The molecule has 3 heterocycles. The number of nitrogens with one attached hydrogen (secondary N) is 2. The van der Waals surface area contributed by atoms with Crippen LogP contribution in [0, 0.1) is 6.92 Å². The van der Waals surface area contributed by atoms with E-state index in [0.717, 1.165) is 22.9 Å². The van der Waals surface area contributed by atoms with E-state index < -0.39 is 12.1 Å². The van der Waals surface area contributed by atoms with Gasteiger partial charge in [-0.1, -0.05) is 0 Å². The molecule has 0 aliphatic carbocycles. The number of nitrogens with zero attached hydrogens (tertiary/aromatic N) is 6. The maximum atomic E-state index is 10.6. The molecule has 4 aromatic rings. The van der Waals surface area contributed by atoms with E-state index in [2.05, 4.69) is 35.7 Å². The fourth-order valence-corrected chi connectivity index (χ4v) is 2.37. The van der Waals surface area contributed by atoms with Crippen molar-refractivity contribution in [3.05, 3.63) is 73.2 Å². The van der Waals surface area contributed by atoms with Crippen LogP contribution in [0.3, 0.4) is 0 Å². The Morgan fingerprint density at radius 2 is 1.73 bits per heavy atom. The number of halogens is 3. The first-order valence-electron chi connectivity index (χ1n) is 9.26. The molecule has 0 fully saturated rings. The average Bonchev–Trinajstić information content (AvgIpc) is 3.21. The second-order valence-electron chi connectivity index (χ2n) is 6.34. The first-order chi connectivity index (χ1) is 15.7. The maximum Gasteiger partial charge on any atom is 0.490 e.